The van der Waals surface area contributed by atoms with E-state index >= 15 is 0 Å². The smallest absolute Gasteiger partial charge is 0.301 e. The van der Waals surface area contributed by atoms with Crippen molar-refractivity contribution >= 4 is 23.3 Å². The summed E-state index contributed by atoms with van der Waals surface area (Å²) in [5.74, 6) is -0.438. The monoisotopic (exact) mass is 371 g/mol. The van der Waals surface area contributed by atoms with Crippen molar-refractivity contribution in [2.45, 2.75) is 20.4 Å². The first-order valence-electron chi connectivity index (χ1n) is 7.56. The summed E-state index contributed by atoms with van der Waals surface area (Å²) in [7, 11) is 0. The molecule has 1 N–H and O–H groups in total. The summed E-state index contributed by atoms with van der Waals surface area (Å²) in [4.78, 5) is 36.4. The summed E-state index contributed by atoms with van der Waals surface area (Å²) in [6.45, 7) is 3.13. The fourth-order valence-electron chi connectivity index (χ4n) is 2.43. The number of nitro benzene ring substituents is 2. The highest BCUT2D eigenvalue weighted by Gasteiger charge is 2.20. The van der Waals surface area contributed by atoms with Crippen molar-refractivity contribution in [3.05, 3.63) is 65.5 Å². The van der Waals surface area contributed by atoms with Gasteiger partial charge in [-0.25, -0.2) is 4.99 Å². The molecule has 0 aliphatic heterocycles. The fourth-order valence-corrected chi connectivity index (χ4v) is 2.43. The number of benzene rings is 1. The minimum absolute atomic E-state index is 0.0423. The van der Waals surface area contributed by atoms with Gasteiger partial charge in [0.05, 0.1) is 21.5 Å². The van der Waals surface area contributed by atoms with Gasteiger partial charge >= 0.3 is 5.69 Å². The third kappa shape index (κ3) is 3.49. The van der Waals surface area contributed by atoms with Crippen LogP contribution in [0.25, 0.3) is 0 Å². The number of nitriles is 1. The molecule has 0 fully saturated rings. The third-order valence-electron chi connectivity index (χ3n) is 3.86. The molecule has 0 amide bonds. The Labute approximate surface area is 151 Å². The Bertz CT molecular complexity index is 1080. The molecule has 27 heavy (non-hydrogen) atoms. The van der Waals surface area contributed by atoms with Gasteiger partial charge in [0.15, 0.2) is 0 Å². The van der Waals surface area contributed by atoms with Crippen molar-refractivity contribution in [3.8, 4) is 11.9 Å². The summed E-state index contributed by atoms with van der Waals surface area (Å²) in [6.07, 6.45) is 1.07. The van der Waals surface area contributed by atoms with Crippen LogP contribution >= 0.6 is 0 Å². The molecular weight excluding hydrogens is 358 g/mol. The molecule has 0 aliphatic rings. The topological polar surface area (TPSA) is 165 Å². The lowest BCUT2D eigenvalue weighted by atomic mass is 10.1. The fraction of sp³-hybridized carbons (Fsp3) is 0.188. The van der Waals surface area contributed by atoms with E-state index in [0.29, 0.717) is 0 Å². The maximum absolute atomic E-state index is 12.1. The van der Waals surface area contributed by atoms with Crippen LogP contribution in [0, 0.1) is 38.5 Å². The van der Waals surface area contributed by atoms with E-state index in [9.17, 15) is 35.4 Å². The number of pyridine rings is 1. The summed E-state index contributed by atoms with van der Waals surface area (Å²) >= 11 is 0. The second kappa shape index (κ2) is 7.44. The number of aliphatic imine (C=N–C) groups is 1. The molecule has 2 aromatic rings. The average Bonchev–Trinajstić information content (AvgIpc) is 2.62. The van der Waals surface area contributed by atoms with Crippen molar-refractivity contribution in [2.75, 3.05) is 0 Å². The summed E-state index contributed by atoms with van der Waals surface area (Å²) in [6, 6.07) is 4.69. The van der Waals surface area contributed by atoms with Crippen LogP contribution in [0.2, 0.25) is 0 Å². The highest BCUT2D eigenvalue weighted by Crippen LogP contribution is 2.31. The Balaban J connectivity index is 2.66. The minimum Gasteiger partial charge on any atom is -0.494 e. The molecule has 0 unspecified atom stereocenters. The number of non-ortho nitro benzene ring substituents is 1. The van der Waals surface area contributed by atoms with E-state index in [2.05, 4.69) is 4.99 Å². The second-order valence-electron chi connectivity index (χ2n) is 5.34. The van der Waals surface area contributed by atoms with E-state index < -0.39 is 32.7 Å². The minimum atomic E-state index is -0.819. The molecule has 1 aromatic carbocycles. The molecule has 2 rings (SSSR count). The molecule has 138 valence electrons. The lowest BCUT2D eigenvalue weighted by Gasteiger charge is -2.12. The molecule has 11 heteroatoms. The van der Waals surface area contributed by atoms with Gasteiger partial charge in [0, 0.05) is 18.8 Å². The van der Waals surface area contributed by atoms with Crippen LogP contribution in [0.1, 0.15) is 23.6 Å². The van der Waals surface area contributed by atoms with Crippen molar-refractivity contribution in [2.24, 2.45) is 4.99 Å². The number of rotatable bonds is 5. The Kier molecular flexibility index (Phi) is 5.31. The molecule has 0 saturated heterocycles. The van der Waals surface area contributed by atoms with Gasteiger partial charge in [-0.3, -0.25) is 29.6 Å². The Morgan fingerprint density at radius 2 is 2.00 bits per heavy atom. The summed E-state index contributed by atoms with van der Waals surface area (Å²) < 4.78 is 0.969. The number of aromatic hydroxyl groups is 1. The standard InChI is InChI=1S/C16H13N5O6/c1-3-19-15(22)11(7-17)9(2)12(16(19)23)8-18-13-5-4-10(20(24)25)6-14(13)21(26)27/h4-6,8,23H,3H2,1-2H3. The molecule has 1 heterocycles. The van der Waals surface area contributed by atoms with Gasteiger partial charge in [0.25, 0.3) is 11.2 Å². The number of nitro groups is 2. The van der Waals surface area contributed by atoms with Crippen LogP contribution in [0.5, 0.6) is 5.88 Å². The first-order chi connectivity index (χ1) is 12.7. The van der Waals surface area contributed by atoms with Crippen LogP contribution < -0.4 is 5.56 Å². The quantitative estimate of drug-likeness (QED) is 0.478. The van der Waals surface area contributed by atoms with Crippen LogP contribution in [0.4, 0.5) is 17.1 Å². The van der Waals surface area contributed by atoms with Crippen LogP contribution in [0.15, 0.2) is 28.0 Å². The zero-order valence-electron chi connectivity index (χ0n) is 14.2. The first-order valence-corrected chi connectivity index (χ1v) is 7.56. The first kappa shape index (κ1) is 19.3. The SMILES string of the molecule is CCn1c(O)c(C=Nc2ccc([N+](=O)[O-])cc2[N+](=O)[O-])c(C)c(C#N)c1=O. The molecule has 0 aliphatic carbocycles. The van der Waals surface area contributed by atoms with Crippen molar-refractivity contribution < 1.29 is 15.0 Å². The van der Waals surface area contributed by atoms with E-state index in [4.69, 9.17) is 0 Å². The molecule has 0 atom stereocenters. The zero-order chi connectivity index (χ0) is 20.3. The molecule has 0 radical (unpaired) electrons. The highest BCUT2D eigenvalue weighted by molar-refractivity contribution is 5.88. The molecule has 0 spiro atoms. The van der Waals surface area contributed by atoms with Crippen LogP contribution in [-0.4, -0.2) is 25.7 Å². The number of aromatic nitrogens is 1. The van der Waals surface area contributed by atoms with Crippen molar-refractivity contribution in [1.82, 2.24) is 4.57 Å². The van der Waals surface area contributed by atoms with Crippen LogP contribution in [-0.2, 0) is 6.54 Å². The van der Waals surface area contributed by atoms with Gasteiger partial charge in [-0.2, -0.15) is 5.26 Å². The molecule has 0 bridgehead atoms. The van der Waals surface area contributed by atoms with Gasteiger partial charge < -0.3 is 5.11 Å². The zero-order valence-corrected chi connectivity index (χ0v) is 14.2. The summed E-state index contributed by atoms with van der Waals surface area (Å²) in [5, 5.41) is 41.4. The Morgan fingerprint density at radius 1 is 1.33 bits per heavy atom. The largest absolute Gasteiger partial charge is 0.494 e. The van der Waals surface area contributed by atoms with Gasteiger partial charge in [0.1, 0.15) is 17.3 Å². The molecular formula is C16H13N5O6. The normalized spacial score (nSPS) is 10.7. The third-order valence-corrected chi connectivity index (χ3v) is 3.86. The van der Waals surface area contributed by atoms with Gasteiger partial charge in [-0.05, 0) is 25.5 Å². The average molecular weight is 371 g/mol. The summed E-state index contributed by atoms with van der Waals surface area (Å²) in [5.41, 5.74) is -1.88. The second-order valence-corrected chi connectivity index (χ2v) is 5.34. The van der Waals surface area contributed by atoms with E-state index in [0.717, 1.165) is 29.0 Å². The molecule has 11 nitrogen and oxygen atoms in total. The van der Waals surface area contributed by atoms with E-state index in [-0.39, 0.29) is 28.9 Å². The maximum Gasteiger partial charge on any atom is 0.301 e. The number of hydrogen-bond acceptors (Lipinski definition) is 8. The Morgan fingerprint density at radius 3 is 2.52 bits per heavy atom. The van der Waals surface area contributed by atoms with Gasteiger partial charge in [0.2, 0.25) is 5.88 Å². The molecule has 0 saturated carbocycles. The predicted molar refractivity (Wildman–Crippen MR) is 94.5 cm³/mol. The maximum atomic E-state index is 12.1. The number of hydrogen-bond donors (Lipinski definition) is 1. The van der Waals surface area contributed by atoms with Gasteiger partial charge in [-0.15, -0.1) is 0 Å². The van der Waals surface area contributed by atoms with Crippen molar-refractivity contribution in [1.29, 1.82) is 5.26 Å². The van der Waals surface area contributed by atoms with E-state index in [1.54, 1.807) is 13.0 Å². The predicted octanol–water partition coefficient (Wildman–Crippen LogP) is 2.32. The number of nitrogens with zero attached hydrogens (tertiary/aromatic N) is 5. The lowest BCUT2D eigenvalue weighted by molar-refractivity contribution is -0.393. The lowest BCUT2D eigenvalue weighted by Crippen LogP contribution is -2.24. The van der Waals surface area contributed by atoms with Gasteiger partial charge in [-0.1, -0.05) is 0 Å². The Hall–Kier alpha value is -4.07. The van der Waals surface area contributed by atoms with E-state index in [1.165, 1.54) is 6.92 Å². The van der Waals surface area contributed by atoms with Crippen molar-refractivity contribution in [3.63, 3.8) is 0 Å². The molecule has 1 aromatic heterocycles. The highest BCUT2D eigenvalue weighted by atomic mass is 16.6. The van der Waals surface area contributed by atoms with Crippen LogP contribution in [0.3, 0.4) is 0 Å². The van der Waals surface area contributed by atoms with E-state index in [1.807, 2.05) is 0 Å².